The normalized spacial score (nSPS) is 12.6. The number of nitrogens with two attached hydrogens (primary N) is 1. The molecule has 0 aliphatic carbocycles. The van der Waals surface area contributed by atoms with Gasteiger partial charge in [0, 0.05) is 29.7 Å². The number of para-hydroxylation sites is 1. The number of anilines is 4. The fourth-order valence-electron chi connectivity index (χ4n) is 3.50. The van der Waals surface area contributed by atoms with E-state index in [1.165, 1.54) is 6.20 Å². The molecule has 0 fully saturated rings. The summed E-state index contributed by atoms with van der Waals surface area (Å²) in [5, 5.41) is 9.22. The Bertz CT molecular complexity index is 1130. The molecule has 0 spiro atoms. The largest absolute Gasteiger partial charge is 0.365 e. The predicted octanol–water partition coefficient (Wildman–Crippen LogP) is 2.91. The molecule has 0 unspecified atom stereocenters. The van der Waals surface area contributed by atoms with Crippen molar-refractivity contribution in [3.8, 4) is 0 Å². The maximum Gasteiger partial charge on any atom is 0.254 e. The smallest absolute Gasteiger partial charge is 0.254 e. The van der Waals surface area contributed by atoms with Gasteiger partial charge in [-0.2, -0.15) is 4.98 Å². The number of benzene rings is 2. The minimum atomic E-state index is -0.638. The number of hydrogen-bond donors (Lipinski definition) is 4. The summed E-state index contributed by atoms with van der Waals surface area (Å²) in [6, 6.07) is 13.3. The van der Waals surface area contributed by atoms with Crippen molar-refractivity contribution < 1.29 is 9.59 Å². The van der Waals surface area contributed by atoms with Gasteiger partial charge in [0.05, 0.1) is 0 Å². The van der Waals surface area contributed by atoms with Crippen LogP contribution in [0.3, 0.4) is 0 Å². The third kappa shape index (κ3) is 3.80. The highest BCUT2D eigenvalue weighted by Crippen LogP contribution is 2.28. The molecular formula is C22H22N6O2. The van der Waals surface area contributed by atoms with Crippen molar-refractivity contribution in [1.29, 1.82) is 0 Å². The number of rotatable bonds is 6. The molecule has 2 heterocycles. The lowest BCUT2D eigenvalue weighted by Gasteiger charge is -2.21. The number of aromatic nitrogens is 2. The Morgan fingerprint density at radius 1 is 1.13 bits per heavy atom. The summed E-state index contributed by atoms with van der Waals surface area (Å²) in [7, 11) is 0. The Hall–Kier alpha value is -3.94. The van der Waals surface area contributed by atoms with E-state index in [9.17, 15) is 9.59 Å². The first-order valence-electron chi connectivity index (χ1n) is 9.75. The highest BCUT2D eigenvalue weighted by atomic mass is 16.2. The number of fused-ring (bicyclic) bond motifs is 1. The quantitative estimate of drug-likeness (QED) is 0.503. The van der Waals surface area contributed by atoms with Crippen LogP contribution in [-0.2, 0) is 12.8 Å². The predicted molar refractivity (Wildman–Crippen MR) is 115 cm³/mol. The van der Waals surface area contributed by atoms with Gasteiger partial charge < -0.3 is 21.7 Å². The van der Waals surface area contributed by atoms with Crippen molar-refractivity contribution in [2.75, 3.05) is 17.2 Å². The standard InChI is InChI=1S/C22H22N6O2/c1-2-13-6-3-4-8-17(13)27-22-25-12-16(19(23)29)20(28-22)26-18-9-5-7-15-14(18)10-11-24-21(15)30/h3-9,12H,2,10-11H2,1H3,(H2,23,29)(H,24,30)(H2,25,26,27,28). The van der Waals surface area contributed by atoms with Crippen molar-refractivity contribution in [3.63, 3.8) is 0 Å². The first kappa shape index (κ1) is 19.4. The lowest BCUT2D eigenvalue weighted by atomic mass is 9.98. The Morgan fingerprint density at radius 2 is 1.93 bits per heavy atom. The highest BCUT2D eigenvalue weighted by molar-refractivity contribution is 6.00. The molecule has 0 radical (unpaired) electrons. The number of aryl methyl sites for hydroxylation is 1. The van der Waals surface area contributed by atoms with E-state index in [1.807, 2.05) is 30.3 Å². The van der Waals surface area contributed by atoms with Crippen LogP contribution in [-0.4, -0.2) is 28.3 Å². The van der Waals surface area contributed by atoms with Gasteiger partial charge in [0.15, 0.2) is 0 Å². The summed E-state index contributed by atoms with van der Waals surface area (Å²) in [5.74, 6) is -0.129. The molecule has 152 valence electrons. The van der Waals surface area contributed by atoms with Crippen LogP contribution in [0.2, 0.25) is 0 Å². The summed E-state index contributed by atoms with van der Waals surface area (Å²) in [4.78, 5) is 32.8. The molecule has 3 aromatic rings. The lowest BCUT2D eigenvalue weighted by molar-refractivity contribution is 0.0944. The molecule has 0 saturated heterocycles. The molecule has 1 aliphatic rings. The third-order valence-corrected chi connectivity index (χ3v) is 5.03. The third-order valence-electron chi connectivity index (χ3n) is 5.03. The van der Waals surface area contributed by atoms with E-state index in [4.69, 9.17) is 5.73 Å². The van der Waals surface area contributed by atoms with E-state index in [-0.39, 0.29) is 17.3 Å². The average molecular weight is 402 g/mol. The fourth-order valence-corrected chi connectivity index (χ4v) is 3.50. The monoisotopic (exact) mass is 402 g/mol. The molecule has 5 N–H and O–H groups in total. The van der Waals surface area contributed by atoms with E-state index < -0.39 is 5.91 Å². The molecule has 2 amide bonds. The van der Waals surface area contributed by atoms with Gasteiger partial charge in [-0.3, -0.25) is 9.59 Å². The minimum absolute atomic E-state index is 0.115. The average Bonchev–Trinajstić information content (AvgIpc) is 2.75. The topological polar surface area (TPSA) is 122 Å². The number of amides is 2. The molecule has 30 heavy (non-hydrogen) atoms. The highest BCUT2D eigenvalue weighted by Gasteiger charge is 2.21. The van der Waals surface area contributed by atoms with E-state index in [1.54, 1.807) is 12.1 Å². The number of primary amides is 1. The molecule has 2 aromatic carbocycles. The second-order valence-corrected chi connectivity index (χ2v) is 6.92. The molecule has 8 heteroatoms. The summed E-state index contributed by atoms with van der Waals surface area (Å²) >= 11 is 0. The van der Waals surface area contributed by atoms with Crippen LogP contribution < -0.4 is 21.7 Å². The van der Waals surface area contributed by atoms with E-state index >= 15 is 0 Å². The van der Waals surface area contributed by atoms with E-state index in [0.29, 0.717) is 30.2 Å². The van der Waals surface area contributed by atoms with Gasteiger partial charge in [-0.1, -0.05) is 31.2 Å². The van der Waals surface area contributed by atoms with Crippen LogP contribution >= 0.6 is 0 Å². The van der Waals surface area contributed by atoms with Gasteiger partial charge >= 0.3 is 0 Å². The van der Waals surface area contributed by atoms with Crippen LogP contribution in [0, 0.1) is 0 Å². The summed E-state index contributed by atoms with van der Waals surface area (Å²) in [6.07, 6.45) is 2.93. The van der Waals surface area contributed by atoms with Crippen LogP contribution in [0.25, 0.3) is 0 Å². The number of carbonyl (C=O) groups excluding carboxylic acids is 2. The number of carbonyl (C=O) groups is 2. The number of nitrogens with zero attached hydrogens (tertiary/aromatic N) is 2. The van der Waals surface area contributed by atoms with Crippen LogP contribution in [0.15, 0.2) is 48.7 Å². The van der Waals surface area contributed by atoms with Crippen LogP contribution in [0.1, 0.15) is 38.8 Å². The number of hydrogen-bond acceptors (Lipinski definition) is 6. The zero-order valence-corrected chi connectivity index (χ0v) is 16.5. The second kappa shape index (κ2) is 8.20. The van der Waals surface area contributed by atoms with E-state index in [2.05, 4.69) is 32.8 Å². The van der Waals surface area contributed by atoms with Gasteiger partial charge in [0.2, 0.25) is 5.95 Å². The molecule has 8 nitrogen and oxygen atoms in total. The summed E-state index contributed by atoms with van der Waals surface area (Å²) in [6.45, 7) is 2.62. The van der Waals surface area contributed by atoms with Crippen LogP contribution in [0.4, 0.5) is 23.1 Å². The Kier molecular flexibility index (Phi) is 5.30. The Morgan fingerprint density at radius 3 is 2.73 bits per heavy atom. The zero-order valence-electron chi connectivity index (χ0n) is 16.5. The van der Waals surface area contributed by atoms with Crippen molar-refractivity contribution in [2.24, 2.45) is 5.73 Å². The van der Waals surface area contributed by atoms with Gasteiger partial charge in [0.25, 0.3) is 11.8 Å². The second-order valence-electron chi connectivity index (χ2n) is 6.92. The van der Waals surface area contributed by atoms with E-state index in [0.717, 1.165) is 23.2 Å². The molecular weight excluding hydrogens is 380 g/mol. The molecule has 0 atom stereocenters. The Labute approximate surface area is 173 Å². The lowest BCUT2D eigenvalue weighted by Crippen LogP contribution is -2.32. The zero-order chi connectivity index (χ0) is 21.1. The van der Waals surface area contributed by atoms with Gasteiger partial charge in [-0.05, 0) is 42.2 Å². The molecule has 1 aliphatic heterocycles. The molecule has 0 saturated carbocycles. The van der Waals surface area contributed by atoms with Gasteiger partial charge in [-0.25, -0.2) is 4.98 Å². The molecule has 4 rings (SSSR count). The summed E-state index contributed by atoms with van der Waals surface area (Å²) < 4.78 is 0. The number of nitrogens with one attached hydrogen (secondary N) is 3. The van der Waals surface area contributed by atoms with Crippen molar-refractivity contribution >= 4 is 35.0 Å². The van der Waals surface area contributed by atoms with Gasteiger partial charge in [0.1, 0.15) is 11.4 Å². The maximum atomic E-state index is 12.1. The van der Waals surface area contributed by atoms with Crippen molar-refractivity contribution in [3.05, 3.63) is 70.9 Å². The van der Waals surface area contributed by atoms with Crippen molar-refractivity contribution in [2.45, 2.75) is 19.8 Å². The van der Waals surface area contributed by atoms with Gasteiger partial charge in [-0.15, -0.1) is 0 Å². The molecule has 1 aromatic heterocycles. The first-order valence-corrected chi connectivity index (χ1v) is 9.75. The summed E-state index contributed by atoms with van der Waals surface area (Å²) in [5.41, 5.74) is 9.91. The minimum Gasteiger partial charge on any atom is -0.365 e. The fraction of sp³-hybridized carbons (Fsp3) is 0.182. The maximum absolute atomic E-state index is 12.1. The van der Waals surface area contributed by atoms with Crippen molar-refractivity contribution in [1.82, 2.24) is 15.3 Å². The first-order chi connectivity index (χ1) is 14.6. The molecule has 0 bridgehead atoms. The SMILES string of the molecule is CCc1ccccc1Nc1ncc(C(N)=O)c(Nc2cccc3c2CCNC3=O)n1. The Balaban J connectivity index is 1.71. The van der Waals surface area contributed by atoms with Crippen LogP contribution in [0.5, 0.6) is 0 Å².